The van der Waals surface area contributed by atoms with E-state index in [0.29, 0.717) is 0 Å². The van der Waals surface area contributed by atoms with Crippen LogP contribution in [0.1, 0.15) is 0 Å². The van der Waals surface area contributed by atoms with E-state index in [-0.39, 0.29) is 17.1 Å². The van der Waals surface area contributed by atoms with Crippen molar-refractivity contribution in [2.45, 2.75) is 0 Å². The first kappa shape index (κ1) is 18.3. The van der Waals surface area contributed by atoms with E-state index in [9.17, 15) is 0 Å². The van der Waals surface area contributed by atoms with Gasteiger partial charge in [0.2, 0.25) is 0 Å². The maximum atomic E-state index is 7.75. The first-order valence-electron chi connectivity index (χ1n) is 6.64. The van der Waals surface area contributed by atoms with Crippen LogP contribution < -0.4 is 15.9 Å². The van der Waals surface area contributed by atoms with E-state index in [1.165, 1.54) is 15.9 Å². The van der Waals surface area contributed by atoms with Crippen molar-refractivity contribution in [1.82, 2.24) is 0 Å². The quantitative estimate of drug-likeness (QED) is 0.308. The van der Waals surface area contributed by atoms with E-state index in [4.69, 9.17) is 4.79 Å². The zero-order chi connectivity index (χ0) is 14.9. The van der Waals surface area contributed by atoms with Gasteiger partial charge in [-0.3, -0.25) is 6.79 Å². The number of rotatable bonds is 3. The van der Waals surface area contributed by atoms with E-state index in [1.807, 2.05) is 0 Å². The summed E-state index contributed by atoms with van der Waals surface area (Å²) in [7, 11) is -0.446. The van der Waals surface area contributed by atoms with Crippen LogP contribution in [0.3, 0.4) is 0 Å². The molecule has 1 nitrogen and oxygen atoms in total. The Hall–Kier alpha value is -1.72. The van der Waals surface area contributed by atoms with Gasteiger partial charge in [0.05, 0.1) is 0 Å². The van der Waals surface area contributed by atoms with Gasteiger partial charge in [0.25, 0.3) is 0 Å². The van der Waals surface area contributed by atoms with Gasteiger partial charge in [0.1, 0.15) is 0 Å². The number of hydrogen-bond acceptors (Lipinski definition) is 1. The van der Waals surface area contributed by atoms with Crippen LogP contribution in [0.5, 0.6) is 0 Å². The molecule has 3 aromatic carbocycles. The van der Waals surface area contributed by atoms with Crippen LogP contribution in [0, 0.1) is 0 Å². The summed E-state index contributed by atoms with van der Waals surface area (Å²) in [6, 6.07) is 32.3. The second-order valence-electron chi connectivity index (χ2n) is 4.34. The van der Waals surface area contributed by atoms with Gasteiger partial charge in [-0.2, -0.15) is 0 Å². The average Bonchev–Trinajstić information content (AvgIpc) is 2.60. The normalized spacial score (nSPS) is 9.32. The van der Waals surface area contributed by atoms with Crippen LogP contribution in [0.25, 0.3) is 0 Å². The summed E-state index contributed by atoms with van der Waals surface area (Å²) in [5, 5.41) is 4.19. The minimum Gasteiger partial charge on any atom is -0.545 e. The van der Waals surface area contributed by atoms with E-state index in [0.717, 1.165) is 0 Å². The van der Waals surface area contributed by atoms with Gasteiger partial charge in [-0.15, -0.1) is 0 Å². The molecule has 112 valence electrons. The molecule has 0 fully saturated rings. The molecule has 3 aromatic rings. The van der Waals surface area contributed by atoms with Gasteiger partial charge in [-0.25, -0.2) is 0 Å². The first-order chi connectivity index (χ1) is 10.4. The smallest absolute Gasteiger partial charge is 0 e. The summed E-state index contributed by atoms with van der Waals surface area (Å²) in [5.74, 6) is 0. The molecule has 0 aromatic heterocycles. The Morgan fingerprint density at radius 1 is 0.500 bits per heavy atom. The molecule has 0 radical (unpaired) electrons. The topological polar surface area (TPSA) is 17.1 Å². The molecule has 0 bridgehead atoms. The Labute approximate surface area is 143 Å². The third kappa shape index (κ3) is 4.64. The molecular formula is C19H16FeOP-. The van der Waals surface area contributed by atoms with E-state index in [2.05, 4.69) is 97.8 Å². The molecule has 0 saturated heterocycles. The van der Waals surface area contributed by atoms with Crippen molar-refractivity contribution in [3.63, 3.8) is 0 Å². The van der Waals surface area contributed by atoms with Gasteiger partial charge in [0.15, 0.2) is 0 Å². The van der Waals surface area contributed by atoms with E-state index in [1.54, 1.807) is 0 Å². The fourth-order valence-corrected chi connectivity index (χ4v) is 4.48. The number of hydrogen-bond donors (Lipinski definition) is 0. The molecule has 3 rings (SSSR count). The van der Waals surface area contributed by atoms with Gasteiger partial charge in [-0.1, -0.05) is 91.0 Å². The molecule has 0 spiro atoms. The molecule has 3 heteroatoms. The monoisotopic (exact) mass is 347 g/mol. The Morgan fingerprint density at radius 3 is 0.955 bits per heavy atom. The summed E-state index contributed by atoms with van der Waals surface area (Å²) in [6.45, 7) is 3.25. The van der Waals surface area contributed by atoms with E-state index >= 15 is 0 Å². The fraction of sp³-hybridized carbons (Fsp3) is 0. The molecule has 0 aliphatic heterocycles. The van der Waals surface area contributed by atoms with Crippen molar-refractivity contribution >= 4 is 30.6 Å². The fourth-order valence-electron chi connectivity index (χ4n) is 2.18. The minimum absolute atomic E-state index is 0. The SMILES string of the molecule is [CH-]=O.[Fe].c1ccc(P(c2ccccc2)c2ccccc2)cc1. The second kappa shape index (κ2) is 10.1. The molecule has 0 atom stereocenters. The average molecular weight is 347 g/mol. The third-order valence-electron chi connectivity index (χ3n) is 3.04. The number of carbonyl (C=O) groups excluding carboxylic acids is 1. The summed E-state index contributed by atoms with van der Waals surface area (Å²) in [4.78, 5) is 7.75. The maximum Gasteiger partial charge on any atom is 0 e. The van der Waals surface area contributed by atoms with Gasteiger partial charge >= 0.3 is 0 Å². The molecular weight excluding hydrogens is 331 g/mol. The van der Waals surface area contributed by atoms with Crippen molar-refractivity contribution in [2.24, 2.45) is 0 Å². The summed E-state index contributed by atoms with van der Waals surface area (Å²) in [5.41, 5.74) is 0. The summed E-state index contributed by atoms with van der Waals surface area (Å²) >= 11 is 0. The molecule has 0 saturated carbocycles. The largest absolute Gasteiger partial charge is 0.545 e. The van der Waals surface area contributed by atoms with Crippen LogP contribution in [0.4, 0.5) is 0 Å². The van der Waals surface area contributed by atoms with E-state index < -0.39 is 7.92 Å². The molecule has 0 aliphatic rings. The van der Waals surface area contributed by atoms with Gasteiger partial charge in [0, 0.05) is 17.1 Å². The standard InChI is InChI=1S/C18H15P.CHO.Fe/c1-4-10-16(11-5-1)19(17-12-6-2-7-13-17)18-14-8-3-9-15-18;1-2;/h1-15H;1H;/q;-1;. The van der Waals surface area contributed by atoms with Crippen LogP contribution in [-0.4, -0.2) is 6.79 Å². The predicted molar refractivity (Wildman–Crippen MR) is 91.9 cm³/mol. The third-order valence-corrected chi connectivity index (χ3v) is 5.49. The molecule has 0 amide bonds. The van der Waals surface area contributed by atoms with Crippen LogP contribution in [-0.2, 0) is 21.9 Å². The Kier molecular flexibility index (Phi) is 8.40. The molecule has 0 unspecified atom stereocenters. The first-order valence-corrected chi connectivity index (χ1v) is 7.98. The van der Waals surface area contributed by atoms with Crippen LogP contribution >= 0.6 is 7.92 Å². The molecule has 0 N–H and O–H groups in total. The van der Waals surface area contributed by atoms with Crippen molar-refractivity contribution in [2.75, 3.05) is 0 Å². The minimum atomic E-state index is -0.446. The molecule has 0 aliphatic carbocycles. The summed E-state index contributed by atoms with van der Waals surface area (Å²) in [6.07, 6.45) is 0. The van der Waals surface area contributed by atoms with Gasteiger partial charge < -0.3 is 4.79 Å². The van der Waals surface area contributed by atoms with Crippen LogP contribution in [0.15, 0.2) is 91.0 Å². The Balaban J connectivity index is 0.000000775. The second-order valence-corrected chi connectivity index (χ2v) is 6.56. The zero-order valence-corrected chi connectivity index (χ0v) is 13.9. The van der Waals surface area contributed by atoms with Crippen molar-refractivity contribution in [3.8, 4) is 0 Å². The van der Waals surface area contributed by atoms with Gasteiger partial charge in [-0.05, 0) is 23.8 Å². The molecule has 22 heavy (non-hydrogen) atoms. The van der Waals surface area contributed by atoms with Crippen molar-refractivity contribution < 1.29 is 21.9 Å². The van der Waals surface area contributed by atoms with Crippen molar-refractivity contribution in [1.29, 1.82) is 0 Å². The molecule has 0 heterocycles. The Bertz CT molecular complexity index is 550. The maximum absolute atomic E-state index is 7.75. The number of benzene rings is 3. The van der Waals surface area contributed by atoms with Crippen molar-refractivity contribution in [3.05, 3.63) is 91.0 Å². The zero-order valence-electron chi connectivity index (χ0n) is 11.9. The van der Waals surface area contributed by atoms with Crippen LogP contribution in [0.2, 0.25) is 0 Å². The Morgan fingerprint density at radius 2 is 0.727 bits per heavy atom. The summed E-state index contributed by atoms with van der Waals surface area (Å²) < 4.78 is 0. The predicted octanol–water partition coefficient (Wildman–Crippen LogP) is 3.17.